The maximum Gasteiger partial charge on any atom is 0.237 e. The number of hydrogen-bond acceptors (Lipinski definition) is 3. The summed E-state index contributed by atoms with van der Waals surface area (Å²) < 4.78 is 0. The molecule has 0 N–H and O–H groups in total. The van der Waals surface area contributed by atoms with Crippen molar-refractivity contribution in [1.29, 1.82) is 5.26 Å². The Balaban J connectivity index is 4.25. The van der Waals surface area contributed by atoms with Gasteiger partial charge >= 0.3 is 0 Å². The SMILES string of the molecule is CCN(C(=O)CC#N)C(C)CN(C)C. The van der Waals surface area contributed by atoms with Crippen molar-refractivity contribution >= 4 is 5.91 Å². The third-order valence-corrected chi connectivity index (χ3v) is 2.05. The Morgan fingerprint density at radius 3 is 2.43 bits per heavy atom. The van der Waals surface area contributed by atoms with Crippen LogP contribution in [0.4, 0.5) is 0 Å². The fraction of sp³-hybridized carbons (Fsp3) is 0.800. The summed E-state index contributed by atoms with van der Waals surface area (Å²) in [6.07, 6.45) is -0.0222. The van der Waals surface area contributed by atoms with E-state index in [4.69, 9.17) is 5.26 Å². The van der Waals surface area contributed by atoms with E-state index < -0.39 is 0 Å². The van der Waals surface area contributed by atoms with Gasteiger partial charge in [-0.25, -0.2) is 0 Å². The molecule has 0 saturated heterocycles. The quantitative estimate of drug-likeness (QED) is 0.651. The molecule has 0 rings (SSSR count). The normalized spacial score (nSPS) is 12.3. The second kappa shape index (κ2) is 6.39. The van der Waals surface area contributed by atoms with Crippen LogP contribution in [0.15, 0.2) is 0 Å². The Morgan fingerprint density at radius 1 is 1.50 bits per heavy atom. The molecular formula is C10H19N3O. The molecule has 4 heteroatoms. The number of hydrogen-bond donors (Lipinski definition) is 0. The van der Waals surface area contributed by atoms with Gasteiger partial charge in [-0.05, 0) is 27.9 Å². The van der Waals surface area contributed by atoms with Crippen molar-refractivity contribution < 1.29 is 4.79 Å². The summed E-state index contributed by atoms with van der Waals surface area (Å²) in [5, 5.41) is 8.44. The lowest BCUT2D eigenvalue weighted by molar-refractivity contribution is -0.132. The van der Waals surface area contributed by atoms with Gasteiger partial charge in [0.15, 0.2) is 0 Å². The first-order valence-electron chi connectivity index (χ1n) is 4.84. The van der Waals surface area contributed by atoms with Crippen LogP contribution in [0.5, 0.6) is 0 Å². The number of nitriles is 1. The Morgan fingerprint density at radius 2 is 2.07 bits per heavy atom. The number of amides is 1. The van der Waals surface area contributed by atoms with E-state index in [0.717, 1.165) is 6.54 Å². The Hall–Kier alpha value is -1.08. The lowest BCUT2D eigenvalue weighted by Gasteiger charge is -2.29. The first-order chi connectivity index (χ1) is 6.52. The van der Waals surface area contributed by atoms with Crippen LogP contribution in [0.2, 0.25) is 0 Å². The lowest BCUT2D eigenvalue weighted by Crippen LogP contribution is -2.43. The first-order valence-corrected chi connectivity index (χ1v) is 4.84. The van der Waals surface area contributed by atoms with Crippen molar-refractivity contribution in [3.05, 3.63) is 0 Å². The minimum absolute atomic E-state index is 0.0222. The zero-order chi connectivity index (χ0) is 11.1. The van der Waals surface area contributed by atoms with Crippen molar-refractivity contribution in [3.8, 4) is 6.07 Å². The Labute approximate surface area is 86.1 Å². The molecular weight excluding hydrogens is 178 g/mol. The van der Waals surface area contributed by atoms with E-state index in [0.29, 0.717) is 6.54 Å². The van der Waals surface area contributed by atoms with Gasteiger partial charge in [0, 0.05) is 19.1 Å². The van der Waals surface area contributed by atoms with E-state index in [1.807, 2.05) is 38.9 Å². The standard InChI is InChI=1S/C10H19N3O/c1-5-13(10(14)6-7-11)9(2)8-12(3)4/h9H,5-6,8H2,1-4H3. The topological polar surface area (TPSA) is 47.3 Å². The van der Waals surface area contributed by atoms with Crippen LogP contribution in [-0.4, -0.2) is 48.9 Å². The minimum atomic E-state index is -0.0793. The molecule has 80 valence electrons. The Kier molecular flexibility index (Phi) is 5.89. The molecule has 1 atom stereocenters. The maximum absolute atomic E-state index is 11.5. The van der Waals surface area contributed by atoms with Gasteiger partial charge in [0.2, 0.25) is 5.91 Å². The molecule has 14 heavy (non-hydrogen) atoms. The van der Waals surface area contributed by atoms with E-state index in [2.05, 4.69) is 0 Å². The van der Waals surface area contributed by atoms with E-state index in [1.54, 1.807) is 4.90 Å². The number of likely N-dealkylation sites (N-methyl/N-ethyl adjacent to an activating group) is 2. The fourth-order valence-corrected chi connectivity index (χ4v) is 1.53. The van der Waals surface area contributed by atoms with Crippen molar-refractivity contribution in [2.24, 2.45) is 0 Å². The highest BCUT2D eigenvalue weighted by atomic mass is 16.2. The summed E-state index contributed by atoms with van der Waals surface area (Å²) in [4.78, 5) is 15.3. The summed E-state index contributed by atoms with van der Waals surface area (Å²) >= 11 is 0. The van der Waals surface area contributed by atoms with Gasteiger partial charge in [0.25, 0.3) is 0 Å². The molecule has 0 bridgehead atoms. The zero-order valence-electron chi connectivity index (χ0n) is 9.45. The molecule has 0 spiro atoms. The minimum Gasteiger partial charge on any atom is -0.338 e. The third-order valence-electron chi connectivity index (χ3n) is 2.05. The van der Waals surface area contributed by atoms with Crippen molar-refractivity contribution in [2.75, 3.05) is 27.2 Å². The molecule has 0 fully saturated rings. The monoisotopic (exact) mass is 197 g/mol. The fourth-order valence-electron chi connectivity index (χ4n) is 1.53. The molecule has 0 radical (unpaired) electrons. The van der Waals surface area contributed by atoms with Crippen LogP contribution in [0.25, 0.3) is 0 Å². The number of carbonyl (C=O) groups is 1. The van der Waals surface area contributed by atoms with Crippen molar-refractivity contribution in [2.45, 2.75) is 26.3 Å². The van der Waals surface area contributed by atoms with E-state index in [9.17, 15) is 4.79 Å². The van der Waals surface area contributed by atoms with Gasteiger partial charge in [-0.1, -0.05) is 0 Å². The average molecular weight is 197 g/mol. The average Bonchev–Trinajstić information content (AvgIpc) is 2.04. The summed E-state index contributed by atoms with van der Waals surface area (Å²) in [5.41, 5.74) is 0. The van der Waals surface area contributed by atoms with Crippen LogP contribution in [0.3, 0.4) is 0 Å². The van der Waals surface area contributed by atoms with Crippen LogP contribution in [0, 0.1) is 11.3 Å². The van der Waals surface area contributed by atoms with E-state index >= 15 is 0 Å². The molecule has 1 amide bonds. The van der Waals surface area contributed by atoms with E-state index in [1.165, 1.54) is 0 Å². The van der Waals surface area contributed by atoms with Gasteiger partial charge < -0.3 is 9.80 Å². The third kappa shape index (κ3) is 4.24. The van der Waals surface area contributed by atoms with Gasteiger partial charge in [-0.15, -0.1) is 0 Å². The van der Waals surface area contributed by atoms with Crippen LogP contribution >= 0.6 is 0 Å². The van der Waals surface area contributed by atoms with Crippen LogP contribution in [-0.2, 0) is 4.79 Å². The van der Waals surface area contributed by atoms with Crippen LogP contribution < -0.4 is 0 Å². The Bertz CT molecular complexity index is 220. The maximum atomic E-state index is 11.5. The molecule has 0 aromatic carbocycles. The summed E-state index contributed by atoms with van der Waals surface area (Å²) in [5.74, 6) is -0.0793. The number of carbonyl (C=O) groups excluding carboxylic acids is 1. The van der Waals surface area contributed by atoms with Gasteiger partial charge in [-0.3, -0.25) is 4.79 Å². The van der Waals surface area contributed by atoms with Crippen molar-refractivity contribution in [1.82, 2.24) is 9.80 Å². The number of rotatable bonds is 5. The molecule has 0 aliphatic rings. The number of nitrogens with zero attached hydrogens (tertiary/aromatic N) is 3. The summed E-state index contributed by atoms with van der Waals surface area (Å²) in [7, 11) is 3.94. The zero-order valence-corrected chi connectivity index (χ0v) is 9.45. The highest BCUT2D eigenvalue weighted by Gasteiger charge is 2.17. The predicted molar refractivity (Wildman–Crippen MR) is 55.6 cm³/mol. The summed E-state index contributed by atoms with van der Waals surface area (Å²) in [6.45, 7) is 5.42. The van der Waals surface area contributed by atoms with Crippen molar-refractivity contribution in [3.63, 3.8) is 0 Å². The summed E-state index contributed by atoms with van der Waals surface area (Å²) in [6, 6.07) is 2.05. The molecule has 0 aliphatic carbocycles. The molecule has 0 heterocycles. The lowest BCUT2D eigenvalue weighted by atomic mass is 10.2. The van der Waals surface area contributed by atoms with Crippen LogP contribution in [0.1, 0.15) is 20.3 Å². The largest absolute Gasteiger partial charge is 0.338 e. The second-order valence-corrected chi connectivity index (χ2v) is 3.63. The molecule has 0 aromatic rings. The second-order valence-electron chi connectivity index (χ2n) is 3.63. The molecule has 0 saturated carbocycles. The molecule has 0 aliphatic heterocycles. The molecule has 1 unspecified atom stereocenters. The van der Waals surface area contributed by atoms with Gasteiger partial charge in [0.05, 0.1) is 6.07 Å². The highest BCUT2D eigenvalue weighted by molar-refractivity contribution is 5.78. The molecule has 0 aromatic heterocycles. The predicted octanol–water partition coefficient (Wildman–Crippen LogP) is 0.699. The van der Waals surface area contributed by atoms with Gasteiger partial charge in [-0.2, -0.15) is 5.26 Å². The first kappa shape index (κ1) is 12.9. The molecule has 4 nitrogen and oxygen atoms in total. The van der Waals surface area contributed by atoms with Gasteiger partial charge in [0.1, 0.15) is 6.42 Å². The smallest absolute Gasteiger partial charge is 0.237 e. The van der Waals surface area contributed by atoms with E-state index in [-0.39, 0.29) is 18.4 Å². The highest BCUT2D eigenvalue weighted by Crippen LogP contribution is 2.02.